The highest BCUT2D eigenvalue weighted by Gasteiger charge is 2.33. The topological polar surface area (TPSA) is 64.5 Å². The standard InChI is InChI=1S/C9H9F3N2O3/c1-16-7-4-5(13-8(14-7)17-2)3-6(15)9(10,11)12/h3-4,15H,1-2H3/b6-3-. The lowest BCUT2D eigenvalue weighted by atomic mass is 10.3. The Bertz CT molecular complexity index is 410. The van der Waals surface area contributed by atoms with Crippen molar-refractivity contribution in [2.45, 2.75) is 6.18 Å². The first-order valence-corrected chi connectivity index (χ1v) is 4.31. The van der Waals surface area contributed by atoms with E-state index < -0.39 is 11.9 Å². The minimum absolute atomic E-state index is 0.0260. The van der Waals surface area contributed by atoms with Gasteiger partial charge in [0.05, 0.1) is 19.9 Å². The molecular formula is C9H9F3N2O3. The average molecular weight is 250 g/mol. The van der Waals surface area contributed by atoms with Crippen molar-refractivity contribution >= 4 is 6.08 Å². The number of hydrogen-bond donors (Lipinski definition) is 1. The maximum absolute atomic E-state index is 12.1. The van der Waals surface area contributed by atoms with Gasteiger partial charge in [0.15, 0.2) is 5.76 Å². The van der Waals surface area contributed by atoms with Gasteiger partial charge in [0.2, 0.25) is 5.88 Å². The number of hydrogen-bond acceptors (Lipinski definition) is 5. The molecule has 0 atom stereocenters. The molecule has 1 aromatic rings. The van der Waals surface area contributed by atoms with E-state index in [1.54, 1.807) is 0 Å². The van der Waals surface area contributed by atoms with Crippen LogP contribution in [0.2, 0.25) is 0 Å². The molecule has 0 bridgehead atoms. The molecule has 0 spiro atoms. The van der Waals surface area contributed by atoms with Crippen LogP contribution in [-0.2, 0) is 0 Å². The van der Waals surface area contributed by atoms with E-state index in [4.69, 9.17) is 9.84 Å². The van der Waals surface area contributed by atoms with Gasteiger partial charge in [-0.3, -0.25) is 0 Å². The third-order valence-electron chi connectivity index (χ3n) is 1.67. The highest BCUT2D eigenvalue weighted by molar-refractivity contribution is 5.49. The average Bonchev–Trinajstić information content (AvgIpc) is 2.27. The van der Waals surface area contributed by atoms with E-state index in [9.17, 15) is 13.2 Å². The Morgan fingerprint density at radius 1 is 1.29 bits per heavy atom. The number of aliphatic hydroxyl groups is 1. The van der Waals surface area contributed by atoms with Crippen molar-refractivity contribution in [3.05, 3.63) is 17.5 Å². The Morgan fingerprint density at radius 2 is 1.94 bits per heavy atom. The fourth-order valence-electron chi connectivity index (χ4n) is 0.912. The molecule has 1 rings (SSSR count). The molecule has 0 saturated carbocycles. The van der Waals surface area contributed by atoms with Gasteiger partial charge >= 0.3 is 12.2 Å². The zero-order valence-corrected chi connectivity index (χ0v) is 8.95. The predicted molar refractivity (Wildman–Crippen MR) is 51.8 cm³/mol. The Kier molecular flexibility index (Phi) is 3.77. The Balaban J connectivity index is 3.14. The Morgan fingerprint density at radius 3 is 2.41 bits per heavy atom. The van der Waals surface area contributed by atoms with Crippen molar-refractivity contribution in [3.63, 3.8) is 0 Å². The molecule has 1 heterocycles. The lowest BCUT2D eigenvalue weighted by Gasteiger charge is -2.06. The molecule has 1 aromatic heterocycles. The Labute approximate surface area is 94.5 Å². The molecule has 0 aromatic carbocycles. The highest BCUT2D eigenvalue weighted by atomic mass is 19.4. The van der Waals surface area contributed by atoms with Crippen LogP contribution in [0.15, 0.2) is 11.8 Å². The fraction of sp³-hybridized carbons (Fsp3) is 0.333. The third-order valence-corrected chi connectivity index (χ3v) is 1.67. The fourth-order valence-corrected chi connectivity index (χ4v) is 0.912. The number of aromatic nitrogens is 2. The molecule has 94 valence electrons. The monoisotopic (exact) mass is 250 g/mol. The Hall–Kier alpha value is -1.99. The van der Waals surface area contributed by atoms with Gasteiger partial charge in [0.1, 0.15) is 0 Å². The summed E-state index contributed by atoms with van der Waals surface area (Å²) in [5.74, 6) is -1.74. The molecule has 5 nitrogen and oxygen atoms in total. The number of ether oxygens (including phenoxy) is 2. The molecule has 0 unspecified atom stereocenters. The summed E-state index contributed by atoms with van der Waals surface area (Å²) in [5.41, 5.74) is -0.177. The summed E-state index contributed by atoms with van der Waals surface area (Å²) in [6.45, 7) is 0. The van der Waals surface area contributed by atoms with Crippen molar-refractivity contribution in [1.29, 1.82) is 0 Å². The minimum atomic E-state index is -4.83. The largest absolute Gasteiger partial charge is 0.504 e. The number of methoxy groups -OCH3 is 2. The number of halogens is 3. The molecule has 8 heteroatoms. The molecule has 0 aliphatic rings. The number of nitrogens with zero attached hydrogens (tertiary/aromatic N) is 2. The first-order valence-electron chi connectivity index (χ1n) is 4.31. The maximum atomic E-state index is 12.1. The van der Waals surface area contributed by atoms with E-state index in [1.807, 2.05) is 0 Å². The van der Waals surface area contributed by atoms with Crippen LogP contribution in [0.4, 0.5) is 13.2 Å². The van der Waals surface area contributed by atoms with Crippen LogP contribution in [-0.4, -0.2) is 35.5 Å². The van der Waals surface area contributed by atoms with E-state index in [2.05, 4.69) is 14.7 Å². The van der Waals surface area contributed by atoms with Crippen molar-refractivity contribution < 1.29 is 27.8 Å². The zero-order valence-electron chi connectivity index (χ0n) is 8.95. The lowest BCUT2D eigenvalue weighted by Crippen LogP contribution is -2.11. The third kappa shape index (κ3) is 3.51. The van der Waals surface area contributed by atoms with Gasteiger partial charge < -0.3 is 14.6 Å². The molecule has 0 saturated heterocycles. The minimum Gasteiger partial charge on any atom is -0.504 e. The van der Waals surface area contributed by atoms with Gasteiger partial charge in [-0.05, 0) is 0 Å². The number of allylic oxidation sites excluding steroid dienone is 1. The van der Waals surface area contributed by atoms with Crippen molar-refractivity contribution in [2.75, 3.05) is 14.2 Å². The van der Waals surface area contributed by atoms with E-state index in [0.717, 1.165) is 6.07 Å². The van der Waals surface area contributed by atoms with Gasteiger partial charge in [-0.2, -0.15) is 23.1 Å². The van der Waals surface area contributed by atoms with Crippen molar-refractivity contribution in [3.8, 4) is 11.9 Å². The second-order valence-electron chi connectivity index (χ2n) is 2.85. The highest BCUT2D eigenvalue weighted by Crippen LogP contribution is 2.25. The van der Waals surface area contributed by atoms with Crippen LogP contribution >= 0.6 is 0 Å². The summed E-state index contributed by atoms with van der Waals surface area (Å²) < 4.78 is 45.6. The van der Waals surface area contributed by atoms with Crippen LogP contribution in [0.25, 0.3) is 6.08 Å². The smallest absolute Gasteiger partial charge is 0.448 e. The second kappa shape index (κ2) is 4.89. The first kappa shape index (κ1) is 13.1. The lowest BCUT2D eigenvalue weighted by molar-refractivity contribution is -0.119. The van der Waals surface area contributed by atoms with E-state index in [0.29, 0.717) is 6.08 Å². The van der Waals surface area contributed by atoms with Crippen LogP contribution in [0.3, 0.4) is 0 Å². The first-order chi connectivity index (χ1) is 7.86. The van der Waals surface area contributed by atoms with Crippen LogP contribution in [0.1, 0.15) is 5.69 Å². The maximum Gasteiger partial charge on any atom is 0.448 e. The van der Waals surface area contributed by atoms with Crippen molar-refractivity contribution in [1.82, 2.24) is 9.97 Å². The van der Waals surface area contributed by atoms with Gasteiger partial charge in [0, 0.05) is 12.1 Å². The van der Waals surface area contributed by atoms with E-state index in [-0.39, 0.29) is 17.6 Å². The quantitative estimate of drug-likeness (QED) is 0.830. The molecular weight excluding hydrogens is 241 g/mol. The summed E-state index contributed by atoms with van der Waals surface area (Å²) >= 11 is 0. The molecule has 17 heavy (non-hydrogen) atoms. The number of rotatable bonds is 3. The van der Waals surface area contributed by atoms with Gasteiger partial charge in [-0.1, -0.05) is 0 Å². The molecule has 1 N–H and O–H groups in total. The summed E-state index contributed by atoms with van der Waals surface area (Å²) in [4.78, 5) is 7.30. The van der Waals surface area contributed by atoms with Crippen LogP contribution in [0, 0.1) is 0 Å². The normalized spacial score (nSPS) is 12.4. The summed E-state index contributed by atoms with van der Waals surface area (Å²) in [6.07, 6.45) is -4.38. The molecule has 0 radical (unpaired) electrons. The van der Waals surface area contributed by atoms with Gasteiger partial charge in [0.25, 0.3) is 0 Å². The summed E-state index contributed by atoms with van der Waals surface area (Å²) in [6, 6.07) is 0.968. The summed E-state index contributed by atoms with van der Waals surface area (Å²) in [7, 11) is 2.55. The predicted octanol–water partition coefficient (Wildman–Crippen LogP) is 1.95. The zero-order chi connectivity index (χ0) is 13.1. The molecule has 0 aliphatic carbocycles. The van der Waals surface area contributed by atoms with Crippen LogP contribution in [0.5, 0.6) is 11.9 Å². The van der Waals surface area contributed by atoms with Crippen LogP contribution < -0.4 is 9.47 Å². The SMILES string of the molecule is COc1cc(/C=C(\O)C(F)(F)F)nc(OC)n1. The second-order valence-corrected chi connectivity index (χ2v) is 2.85. The number of alkyl halides is 3. The molecule has 0 fully saturated rings. The van der Waals surface area contributed by atoms with Gasteiger partial charge in [-0.15, -0.1) is 0 Å². The number of aliphatic hydroxyl groups excluding tert-OH is 1. The van der Waals surface area contributed by atoms with Gasteiger partial charge in [-0.25, -0.2) is 0 Å². The molecule has 0 amide bonds. The molecule has 0 aliphatic heterocycles. The summed E-state index contributed by atoms with van der Waals surface area (Å²) in [5, 5.41) is 8.76. The van der Waals surface area contributed by atoms with E-state index in [1.165, 1.54) is 14.2 Å². The van der Waals surface area contributed by atoms with Crippen molar-refractivity contribution in [2.24, 2.45) is 0 Å². The van der Waals surface area contributed by atoms with E-state index >= 15 is 0 Å².